The standard InChI is InChI=1S/C81H142O17P2/c1-5-9-13-17-21-25-29-32-35-36-37-38-41-43-47-50-54-58-62-66-79(84)91-71-76(97-80(85)67-63-59-55-51-45-28-24-20-16-12-8-4)73-95-99(87,88)93-69-75(82)70-94-100(89,90)96-74-77(98-81(86)68-64-60-56-52-48-44-40-34-31-27-23-19-15-11-7-3)72-92-78(83)65-61-57-53-49-46-42-39-33-30-26-22-18-14-10-6-2/h9-10,13-14,21-22,25-26,32-33,35,37-39,43,47,75-77,82H,5-8,11-12,15-20,23-24,27-31,34,36,40-42,44-46,48-74H2,1-4H3,(H,87,88)(H,89,90)/b13-9-,14-10-,25-21-,26-22-,35-32-,38-37-,39-33-,47-43-. The maximum atomic E-state index is 13.1. The molecule has 0 bridgehead atoms. The Bertz CT molecular complexity index is 2270. The molecule has 0 radical (unpaired) electrons. The molecule has 19 heteroatoms. The molecule has 5 atom stereocenters. The summed E-state index contributed by atoms with van der Waals surface area (Å²) in [4.78, 5) is 72.9. The molecule has 0 spiro atoms. The third-order valence-electron chi connectivity index (χ3n) is 16.6. The van der Waals surface area contributed by atoms with Gasteiger partial charge in [-0.3, -0.25) is 37.3 Å². The Balaban J connectivity index is 5.33. The van der Waals surface area contributed by atoms with Crippen molar-refractivity contribution in [3.05, 3.63) is 97.2 Å². The van der Waals surface area contributed by atoms with Crippen LogP contribution in [0, 0.1) is 0 Å². The highest BCUT2D eigenvalue weighted by molar-refractivity contribution is 7.47. The number of allylic oxidation sites excluding steroid dienone is 16. The molecule has 0 rings (SSSR count). The van der Waals surface area contributed by atoms with Crippen molar-refractivity contribution in [2.24, 2.45) is 0 Å². The molecule has 3 N–H and O–H groups in total. The van der Waals surface area contributed by atoms with E-state index in [0.29, 0.717) is 25.7 Å². The van der Waals surface area contributed by atoms with Crippen LogP contribution in [0.15, 0.2) is 97.2 Å². The van der Waals surface area contributed by atoms with Crippen LogP contribution in [0.3, 0.4) is 0 Å². The summed E-state index contributed by atoms with van der Waals surface area (Å²) < 4.78 is 68.5. The van der Waals surface area contributed by atoms with Gasteiger partial charge in [-0.05, 0) is 103 Å². The normalized spacial score (nSPS) is 14.4. The lowest BCUT2D eigenvalue weighted by atomic mass is 10.0. The summed E-state index contributed by atoms with van der Waals surface area (Å²) in [5.41, 5.74) is 0. The fourth-order valence-electron chi connectivity index (χ4n) is 10.6. The number of carbonyl (C=O) groups is 4. The van der Waals surface area contributed by atoms with E-state index < -0.39 is 97.5 Å². The number of aliphatic hydroxyl groups is 1. The van der Waals surface area contributed by atoms with Gasteiger partial charge in [0.05, 0.1) is 26.4 Å². The third kappa shape index (κ3) is 72.3. The summed E-state index contributed by atoms with van der Waals surface area (Å²) in [6, 6.07) is 0. The van der Waals surface area contributed by atoms with Gasteiger partial charge < -0.3 is 33.8 Å². The summed E-state index contributed by atoms with van der Waals surface area (Å²) in [7, 11) is -9.95. The number of hydrogen-bond acceptors (Lipinski definition) is 15. The quantitative estimate of drug-likeness (QED) is 0.0169. The molecule has 100 heavy (non-hydrogen) atoms. The molecule has 0 saturated heterocycles. The molecule has 17 nitrogen and oxygen atoms in total. The zero-order valence-corrected chi connectivity index (χ0v) is 64.9. The van der Waals surface area contributed by atoms with Crippen LogP contribution in [-0.4, -0.2) is 96.7 Å². The first-order valence-electron chi connectivity index (χ1n) is 39.5. The SMILES string of the molecule is CC/C=C\C/C=C\C/C=C\C/C=C\C/C=C\CCCCCC(=O)OCC(COP(=O)(O)OCC(O)COP(=O)(O)OCC(COC(=O)CCCCCCC/C=C\C/C=C\C/C=C\CC)OC(=O)CCCCCCCCCCCCCCCCC)OC(=O)CCCCCCCCCCCCC. The lowest BCUT2D eigenvalue weighted by molar-refractivity contribution is -0.161. The van der Waals surface area contributed by atoms with Crippen molar-refractivity contribution in [2.45, 2.75) is 354 Å². The zero-order chi connectivity index (χ0) is 73.2. The van der Waals surface area contributed by atoms with Crippen molar-refractivity contribution in [1.29, 1.82) is 0 Å². The van der Waals surface area contributed by atoms with Crippen LogP contribution >= 0.6 is 15.6 Å². The molecule has 0 fully saturated rings. The van der Waals surface area contributed by atoms with Gasteiger partial charge in [0.1, 0.15) is 19.3 Å². The van der Waals surface area contributed by atoms with Gasteiger partial charge in [0.2, 0.25) is 0 Å². The van der Waals surface area contributed by atoms with Crippen molar-refractivity contribution in [2.75, 3.05) is 39.6 Å². The average molecular weight is 1450 g/mol. The maximum Gasteiger partial charge on any atom is 0.472 e. The van der Waals surface area contributed by atoms with Crippen molar-refractivity contribution in [3.63, 3.8) is 0 Å². The predicted molar refractivity (Wildman–Crippen MR) is 409 cm³/mol. The molecule has 0 aromatic carbocycles. The molecule has 578 valence electrons. The Kier molecular flexibility index (Phi) is 70.4. The van der Waals surface area contributed by atoms with Crippen LogP contribution in [-0.2, 0) is 65.4 Å². The molecule has 0 aliphatic carbocycles. The highest BCUT2D eigenvalue weighted by Gasteiger charge is 2.30. The van der Waals surface area contributed by atoms with E-state index in [9.17, 15) is 43.2 Å². The number of hydrogen-bond donors (Lipinski definition) is 3. The average Bonchev–Trinajstić information content (AvgIpc) is 0.953. The Labute approximate surface area is 607 Å². The molecule has 0 aliphatic heterocycles. The fraction of sp³-hybridized carbons (Fsp3) is 0.753. The fourth-order valence-corrected chi connectivity index (χ4v) is 12.2. The minimum Gasteiger partial charge on any atom is -0.462 e. The minimum absolute atomic E-state index is 0.0897. The van der Waals surface area contributed by atoms with Crippen LogP contribution in [0.2, 0.25) is 0 Å². The van der Waals surface area contributed by atoms with Crippen LogP contribution in [0.25, 0.3) is 0 Å². The zero-order valence-electron chi connectivity index (χ0n) is 63.1. The second-order valence-corrected chi connectivity index (χ2v) is 29.2. The van der Waals surface area contributed by atoms with Crippen molar-refractivity contribution < 1.29 is 80.2 Å². The van der Waals surface area contributed by atoms with Crippen molar-refractivity contribution in [3.8, 4) is 0 Å². The largest absolute Gasteiger partial charge is 0.472 e. The maximum absolute atomic E-state index is 13.1. The second kappa shape index (κ2) is 73.3. The van der Waals surface area contributed by atoms with Gasteiger partial charge in [0.15, 0.2) is 12.2 Å². The summed E-state index contributed by atoms with van der Waals surface area (Å²) in [6.45, 7) is 4.63. The first-order valence-corrected chi connectivity index (χ1v) is 42.5. The number of unbranched alkanes of at least 4 members (excludes halogenated alkanes) is 32. The predicted octanol–water partition coefficient (Wildman–Crippen LogP) is 22.8. The Morgan fingerprint density at radius 1 is 0.290 bits per heavy atom. The number of carbonyl (C=O) groups excluding carboxylic acids is 4. The lowest BCUT2D eigenvalue weighted by Crippen LogP contribution is -2.30. The summed E-state index contributed by atoms with van der Waals surface area (Å²) in [6.07, 6.45) is 76.8. The highest BCUT2D eigenvalue weighted by atomic mass is 31.2. The van der Waals surface area contributed by atoms with E-state index >= 15 is 0 Å². The summed E-state index contributed by atoms with van der Waals surface area (Å²) in [5, 5.41) is 10.6. The van der Waals surface area contributed by atoms with Crippen molar-refractivity contribution >= 4 is 39.5 Å². The van der Waals surface area contributed by atoms with Gasteiger partial charge in [-0.1, -0.05) is 305 Å². The first-order chi connectivity index (χ1) is 48.7. The number of ether oxygens (including phenoxy) is 4. The van der Waals surface area contributed by atoms with Crippen molar-refractivity contribution in [1.82, 2.24) is 0 Å². The van der Waals surface area contributed by atoms with Crippen LogP contribution < -0.4 is 0 Å². The van der Waals surface area contributed by atoms with E-state index in [1.54, 1.807) is 0 Å². The molecule has 0 saturated carbocycles. The summed E-state index contributed by atoms with van der Waals surface area (Å²) in [5.74, 6) is -2.21. The second-order valence-electron chi connectivity index (χ2n) is 26.3. The molecular weight excluding hydrogens is 1310 g/mol. The van der Waals surface area contributed by atoms with Gasteiger partial charge in [-0.2, -0.15) is 0 Å². The number of rotatable bonds is 74. The van der Waals surface area contributed by atoms with Gasteiger partial charge in [0.25, 0.3) is 0 Å². The molecule has 0 amide bonds. The molecule has 0 aromatic heterocycles. The molecule has 5 unspecified atom stereocenters. The van der Waals surface area contributed by atoms with E-state index in [1.165, 1.54) is 103 Å². The van der Waals surface area contributed by atoms with Crippen LogP contribution in [0.4, 0.5) is 0 Å². The number of aliphatic hydroxyl groups excluding tert-OH is 1. The van der Waals surface area contributed by atoms with E-state index in [4.69, 9.17) is 37.0 Å². The third-order valence-corrected chi connectivity index (χ3v) is 18.5. The highest BCUT2D eigenvalue weighted by Crippen LogP contribution is 2.45. The lowest BCUT2D eigenvalue weighted by Gasteiger charge is -2.21. The summed E-state index contributed by atoms with van der Waals surface area (Å²) >= 11 is 0. The Hall–Kier alpha value is -4.02. The molecule has 0 aromatic rings. The van der Waals surface area contributed by atoms with Crippen LogP contribution in [0.1, 0.15) is 336 Å². The number of phosphoric ester groups is 2. The first kappa shape index (κ1) is 96.0. The smallest absolute Gasteiger partial charge is 0.462 e. The number of phosphoric acid groups is 2. The van der Waals surface area contributed by atoms with Gasteiger partial charge in [-0.15, -0.1) is 0 Å². The van der Waals surface area contributed by atoms with Crippen LogP contribution in [0.5, 0.6) is 0 Å². The van der Waals surface area contributed by atoms with Gasteiger partial charge in [0, 0.05) is 25.7 Å². The molecular formula is C81H142O17P2. The van der Waals surface area contributed by atoms with Gasteiger partial charge in [-0.25, -0.2) is 9.13 Å². The molecule has 0 heterocycles. The Morgan fingerprint density at radius 3 is 0.810 bits per heavy atom. The van der Waals surface area contributed by atoms with E-state index in [-0.39, 0.29) is 25.7 Å². The number of esters is 4. The topological polar surface area (TPSA) is 237 Å². The van der Waals surface area contributed by atoms with E-state index in [0.717, 1.165) is 154 Å². The Morgan fingerprint density at radius 2 is 0.520 bits per heavy atom. The van der Waals surface area contributed by atoms with E-state index in [1.807, 2.05) is 0 Å². The minimum atomic E-state index is -4.98. The van der Waals surface area contributed by atoms with Gasteiger partial charge >= 0.3 is 39.5 Å². The van der Waals surface area contributed by atoms with E-state index in [2.05, 4.69) is 125 Å². The molecule has 0 aliphatic rings. The monoisotopic (exact) mass is 1450 g/mol.